The third-order valence-corrected chi connectivity index (χ3v) is 4.36. The first kappa shape index (κ1) is 19.7. The second kappa shape index (κ2) is 9.25. The molecule has 13 heteroatoms. The Kier molecular flexibility index (Phi) is 5.36. The molecule has 0 saturated carbocycles. The van der Waals surface area contributed by atoms with E-state index in [4.69, 9.17) is 5.48 Å². The van der Waals surface area contributed by atoms with Crippen molar-refractivity contribution in [3.63, 3.8) is 0 Å². The van der Waals surface area contributed by atoms with Crippen molar-refractivity contribution >= 4 is 11.6 Å². The van der Waals surface area contributed by atoms with E-state index in [0.29, 0.717) is 24.3 Å². The fourth-order valence-electron chi connectivity index (χ4n) is 2.88. The van der Waals surface area contributed by atoms with E-state index in [1.165, 1.54) is 0 Å². The number of amides is 1. The van der Waals surface area contributed by atoms with Crippen molar-refractivity contribution in [2.45, 2.75) is 18.8 Å². The molecule has 1 aromatic heterocycles. The second-order valence-electron chi connectivity index (χ2n) is 6.57. The number of aromatic nitrogens is 2. The lowest BCUT2D eigenvalue weighted by molar-refractivity contribution is -0.138. The highest BCUT2D eigenvalue weighted by Crippen LogP contribution is 2.38. The van der Waals surface area contributed by atoms with Gasteiger partial charge in [0.25, 0.3) is 11.5 Å². The van der Waals surface area contributed by atoms with Gasteiger partial charge in [-0.05, 0) is 24.3 Å². The summed E-state index contributed by atoms with van der Waals surface area (Å²) in [6.45, 7) is -7.43. The minimum atomic E-state index is -5.07. The Morgan fingerprint density at radius 1 is 1.06 bits per heavy atom. The Bertz CT molecular complexity index is 1450. The largest absolute Gasteiger partial charge is 0.417 e. The van der Waals surface area contributed by atoms with Crippen LogP contribution < -0.4 is 10.9 Å². The molecule has 0 bridgehead atoms. The van der Waals surface area contributed by atoms with Crippen LogP contribution in [0.3, 0.4) is 0 Å². The molecule has 0 fully saturated rings. The maximum absolute atomic E-state index is 14.2. The molecule has 0 atom stereocenters. The van der Waals surface area contributed by atoms with E-state index in [-0.39, 0.29) is 10.7 Å². The van der Waals surface area contributed by atoms with Crippen molar-refractivity contribution in [3.8, 4) is 11.3 Å². The van der Waals surface area contributed by atoms with Crippen LogP contribution in [0.1, 0.15) is 27.0 Å². The van der Waals surface area contributed by atoms with Crippen molar-refractivity contribution in [2.24, 2.45) is 0 Å². The Balaban J connectivity index is 2.28. The topological polar surface area (TPSA) is 84.2 Å². The molecule has 6 nitrogen and oxygen atoms in total. The zero-order valence-corrected chi connectivity index (χ0v) is 16.4. The van der Waals surface area contributed by atoms with E-state index >= 15 is 0 Å². The number of alkyl halides is 6. The highest BCUT2D eigenvalue weighted by Gasteiger charge is 2.35. The molecule has 34 heavy (non-hydrogen) atoms. The normalized spacial score (nSPS) is 14.6. The summed E-state index contributed by atoms with van der Waals surface area (Å²) in [7, 11) is 0. The summed E-state index contributed by atoms with van der Waals surface area (Å²) >= 11 is 0. The van der Waals surface area contributed by atoms with Crippen LogP contribution in [0.15, 0.2) is 53.3 Å². The molecule has 0 spiro atoms. The summed E-state index contributed by atoms with van der Waals surface area (Å²) in [6.07, 6.45) is -10.1. The molecule has 1 amide bonds. The van der Waals surface area contributed by atoms with E-state index in [0.717, 1.165) is 18.2 Å². The fourth-order valence-corrected chi connectivity index (χ4v) is 2.88. The molecule has 180 valence electrons. The lowest BCUT2D eigenvalue weighted by Crippen LogP contribution is -2.27. The van der Waals surface area contributed by atoms with Gasteiger partial charge in [-0.15, -0.1) is 0 Å². The van der Waals surface area contributed by atoms with Crippen molar-refractivity contribution in [3.05, 3.63) is 81.4 Å². The lowest BCUT2D eigenvalue weighted by Gasteiger charge is -2.17. The van der Waals surface area contributed by atoms with Crippen molar-refractivity contribution in [2.75, 3.05) is 11.9 Å². The highest BCUT2D eigenvalue weighted by molar-refractivity contribution is 6.06. The smallest absolute Gasteiger partial charge is 0.394 e. The summed E-state index contributed by atoms with van der Waals surface area (Å²) in [5, 5.41) is 14.8. The molecule has 2 N–H and O–H groups in total. The van der Waals surface area contributed by atoms with Crippen LogP contribution >= 0.6 is 0 Å². The summed E-state index contributed by atoms with van der Waals surface area (Å²) < 4.78 is 124. The standard InChI is InChI=1S/C21H14F7N3O3/c22-15-6-5-11(20(23,24)25)9-13(15)19(34)29-16-10-17(33)31(7-8-32)30-18(16)12-3-1-2-4-14(12)21(26,27)28/h1-6,9-10,32H,7-8H2,(H,29,34)/i7D2,8D2. The van der Waals surface area contributed by atoms with Gasteiger partial charge in [0.05, 0.1) is 40.9 Å². The molecule has 0 aliphatic rings. The molecule has 0 radical (unpaired) electrons. The minimum absolute atomic E-state index is 0.127. The van der Waals surface area contributed by atoms with E-state index in [1.807, 2.05) is 5.32 Å². The van der Waals surface area contributed by atoms with Crippen LogP contribution in [0.2, 0.25) is 0 Å². The van der Waals surface area contributed by atoms with Gasteiger partial charge in [0, 0.05) is 11.6 Å². The molecule has 0 unspecified atom stereocenters. The number of benzene rings is 2. The summed E-state index contributed by atoms with van der Waals surface area (Å²) in [5.41, 5.74) is -8.39. The SMILES string of the molecule is [2H]C([2H])(O)C([2H])([2H])n1nc(-c2ccccc2C(F)(F)F)c(NC(=O)c2cc(C(F)(F)F)ccc2F)cc1=O. The number of aliphatic hydroxyl groups is 1. The average molecular weight is 493 g/mol. The maximum Gasteiger partial charge on any atom is 0.417 e. The molecular weight excluding hydrogens is 475 g/mol. The number of nitrogens with one attached hydrogen (secondary N) is 1. The average Bonchev–Trinajstić information content (AvgIpc) is 2.77. The number of aryl methyl sites for hydroxylation is 1. The lowest BCUT2D eigenvalue weighted by atomic mass is 10.0. The third-order valence-electron chi connectivity index (χ3n) is 4.36. The van der Waals surface area contributed by atoms with E-state index < -0.39 is 76.3 Å². The molecule has 3 aromatic rings. The van der Waals surface area contributed by atoms with Crippen LogP contribution in [0.4, 0.5) is 36.4 Å². The molecule has 1 heterocycles. The Labute approximate surface area is 191 Å². The second-order valence-corrected chi connectivity index (χ2v) is 6.57. The number of halogens is 7. The quantitative estimate of drug-likeness (QED) is 0.519. The molecule has 3 rings (SSSR count). The summed E-state index contributed by atoms with van der Waals surface area (Å²) in [5.74, 6) is -3.07. The Morgan fingerprint density at radius 2 is 1.74 bits per heavy atom. The fraction of sp³-hybridized carbons (Fsp3) is 0.190. The predicted octanol–water partition coefficient (Wildman–Crippen LogP) is 4.33. The van der Waals surface area contributed by atoms with Gasteiger partial charge in [0.15, 0.2) is 0 Å². The van der Waals surface area contributed by atoms with Gasteiger partial charge in [0.1, 0.15) is 11.5 Å². The van der Waals surface area contributed by atoms with Gasteiger partial charge in [-0.25, -0.2) is 9.07 Å². The van der Waals surface area contributed by atoms with Crippen molar-refractivity contribution in [1.29, 1.82) is 0 Å². The molecule has 0 aliphatic heterocycles. The molecular formula is C21H14F7N3O3. The zero-order valence-electron chi connectivity index (χ0n) is 20.4. The van der Waals surface area contributed by atoms with Crippen LogP contribution in [0.5, 0.6) is 0 Å². The molecule has 2 aromatic carbocycles. The third kappa shape index (κ3) is 5.25. The van der Waals surface area contributed by atoms with Crippen molar-refractivity contribution < 1.29 is 46.1 Å². The predicted molar refractivity (Wildman–Crippen MR) is 105 cm³/mol. The highest BCUT2D eigenvalue weighted by atomic mass is 19.4. The number of rotatable bonds is 5. The van der Waals surface area contributed by atoms with Crippen LogP contribution in [0.25, 0.3) is 11.3 Å². The number of nitrogens with zero attached hydrogens (tertiary/aromatic N) is 2. The molecule has 0 saturated heterocycles. The number of anilines is 1. The van der Waals surface area contributed by atoms with Crippen LogP contribution in [-0.2, 0) is 18.8 Å². The monoisotopic (exact) mass is 493 g/mol. The zero-order chi connectivity index (χ0) is 28.8. The van der Waals surface area contributed by atoms with Crippen LogP contribution in [-0.4, -0.2) is 27.4 Å². The van der Waals surface area contributed by atoms with Crippen LogP contribution in [0, 0.1) is 5.82 Å². The number of carbonyl (C=O) groups is 1. The van der Waals surface area contributed by atoms with Gasteiger partial charge < -0.3 is 10.4 Å². The number of hydrogen-bond donors (Lipinski definition) is 2. The summed E-state index contributed by atoms with van der Waals surface area (Å²) in [6, 6.07) is 4.47. The van der Waals surface area contributed by atoms with Gasteiger partial charge in [-0.1, -0.05) is 18.2 Å². The van der Waals surface area contributed by atoms with Gasteiger partial charge in [-0.2, -0.15) is 31.4 Å². The van der Waals surface area contributed by atoms with E-state index in [1.54, 1.807) is 0 Å². The van der Waals surface area contributed by atoms with E-state index in [9.17, 15) is 45.4 Å². The van der Waals surface area contributed by atoms with Crippen molar-refractivity contribution in [1.82, 2.24) is 9.78 Å². The summed E-state index contributed by atoms with van der Waals surface area (Å²) in [4.78, 5) is 25.2. The Hall–Kier alpha value is -3.74. The maximum atomic E-state index is 14.2. The number of hydrogen-bond acceptors (Lipinski definition) is 4. The van der Waals surface area contributed by atoms with E-state index in [2.05, 4.69) is 5.10 Å². The van der Waals surface area contributed by atoms with Gasteiger partial charge >= 0.3 is 12.4 Å². The van der Waals surface area contributed by atoms with Gasteiger partial charge in [-0.3, -0.25) is 9.59 Å². The minimum Gasteiger partial charge on any atom is -0.394 e. The first-order valence-corrected chi connectivity index (χ1v) is 8.97. The molecule has 0 aliphatic carbocycles. The first-order valence-electron chi connectivity index (χ1n) is 11.0. The number of carbonyl (C=O) groups excluding carboxylic acids is 1. The van der Waals surface area contributed by atoms with Gasteiger partial charge in [0.2, 0.25) is 0 Å². The first-order chi connectivity index (χ1) is 17.2. The Morgan fingerprint density at radius 3 is 2.35 bits per heavy atom.